The van der Waals surface area contributed by atoms with Crippen molar-refractivity contribution in [2.24, 2.45) is 0 Å². The van der Waals surface area contributed by atoms with Crippen LogP contribution in [0.1, 0.15) is 16.8 Å². The predicted octanol–water partition coefficient (Wildman–Crippen LogP) is 4.02. The first-order valence-corrected chi connectivity index (χ1v) is 9.84. The fourth-order valence-electron chi connectivity index (χ4n) is 3.11. The Hall–Kier alpha value is -4.00. The molecular formula is C24H21NO6. The summed E-state index contributed by atoms with van der Waals surface area (Å²) in [6, 6.07) is 18.7. The molecule has 1 aliphatic heterocycles. The number of fused-ring (bicyclic) bond motifs is 1. The Balaban J connectivity index is 1.31. The second-order valence-electron chi connectivity index (χ2n) is 6.96. The monoisotopic (exact) mass is 419 g/mol. The highest BCUT2D eigenvalue weighted by Crippen LogP contribution is 2.32. The maximum Gasteiger partial charge on any atom is 0.338 e. The number of amides is 1. The normalized spacial score (nSPS) is 12.5. The number of hydrogen-bond acceptors (Lipinski definition) is 6. The van der Waals surface area contributed by atoms with E-state index in [0.717, 1.165) is 17.5 Å². The van der Waals surface area contributed by atoms with Crippen molar-refractivity contribution < 1.29 is 28.9 Å². The Morgan fingerprint density at radius 1 is 0.871 bits per heavy atom. The van der Waals surface area contributed by atoms with Crippen molar-refractivity contribution in [2.75, 3.05) is 25.1 Å². The van der Waals surface area contributed by atoms with Crippen LogP contribution in [0.5, 0.6) is 17.2 Å². The van der Waals surface area contributed by atoms with E-state index >= 15 is 0 Å². The van der Waals surface area contributed by atoms with Crippen molar-refractivity contribution in [1.29, 1.82) is 0 Å². The van der Waals surface area contributed by atoms with Crippen LogP contribution in [0.4, 0.5) is 5.69 Å². The van der Waals surface area contributed by atoms with Crippen LogP contribution in [-0.2, 0) is 9.53 Å². The number of anilines is 1. The molecule has 7 nitrogen and oxygen atoms in total. The molecule has 1 aliphatic rings. The number of carbonyl (C=O) groups excluding carboxylic acids is 2. The topological polar surface area (TPSA) is 94.1 Å². The fourth-order valence-corrected chi connectivity index (χ4v) is 3.11. The standard InChI is InChI=1S/C24H21NO6/c26-20-9-6-17(7-10-20)16-2-4-18(5-3-16)24(28)31-15-23(27)25-19-8-11-21-22(14-19)30-13-1-12-29-21/h2-11,14,26H,1,12-13,15H2,(H,25,27). The van der Waals surface area contributed by atoms with Crippen LogP contribution >= 0.6 is 0 Å². The van der Waals surface area contributed by atoms with E-state index in [2.05, 4.69) is 5.32 Å². The van der Waals surface area contributed by atoms with E-state index in [0.29, 0.717) is 36.0 Å². The molecule has 0 aromatic heterocycles. The zero-order valence-electron chi connectivity index (χ0n) is 16.7. The second-order valence-corrected chi connectivity index (χ2v) is 6.96. The van der Waals surface area contributed by atoms with Gasteiger partial charge in [-0.3, -0.25) is 4.79 Å². The van der Waals surface area contributed by atoms with Gasteiger partial charge in [-0.2, -0.15) is 0 Å². The van der Waals surface area contributed by atoms with Gasteiger partial charge in [0.1, 0.15) is 5.75 Å². The first-order chi connectivity index (χ1) is 15.1. The first kappa shape index (κ1) is 20.3. The highest BCUT2D eigenvalue weighted by Gasteiger charge is 2.14. The van der Waals surface area contributed by atoms with Gasteiger partial charge in [-0.1, -0.05) is 24.3 Å². The third-order valence-electron chi connectivity index (χ3n) is 4.69. The minimum Gasteiger partial charge on any atom is -0.508 e. The fraction of sp³-hybridized carbons (Fsp3) is 0.167. The number of phenols is 1. The summed E-state index contributed by atoms with van der Waals surface area (Å²) >= 11 is 0. The van der Waals surface area contributed by atoms with Crippen molar-refractivity contribution >= 4 is 17.6 Å². The van der Waals surface area contributed by atoms with Crippen molar-refractivity contribution in [3.05, 3.63) is 72.3 Å². The van der Waals surface area contributed by atoms with E-state index in [1.54, 1.807) is 66.7 Å². The average molecular weight is 419 g/mol. The van der Waals surface area contributed by atoms with Crippen molar-refractivity contribution in [3.8, 4) is 28.4 Å². The van der Waals surface area contributed by atoms with Crippen LogP contribution in [0.2, 0.25) is 0 Å². The van der Waals surface area contributed by atoms with Crippen LogP contribution in [0.15, 0.2) is 66.7 Å². The molecule has 4 rings (SSSR count). The van der Waals surface area contributed by atoms with Crippen LogP contribution in [0, 0.1) is 0 Å². The van der Waals surface area contributed by atoms with Crippen LogP contribution < -0.4 is 14.8 Å². The molecule has 0 saturated heterocycles. The van der Waals surface area contributed by atoms with Gasteiger partial charge in [0.2, 0.25) is 0 Å². The summed E-state index contributed by atoms with van der Waals surface area (Å²) in [5.41, 5.74) is 2.67. The van der Waals surface area contributed by atoms with Crippen LogP contribution in [-0.4, -0.2) is 36.8 Å². The number of hydrogen-bond donors (Lipinski definition) is 2. The summed E-state index contributed by atoms with van der Waals surface area (Å²) in [6.07, 6.45) is 0.794. The summed E-state index contributed by atoms with van der Waals surface area (Å²) in [5.74, 6) is 0.349. The number of benzene rings is 3. The Kier molecular flexibility index (Phi) is 6.03. The third kappa shape index (κ3) is 5.14. The second kappa shape index (κ2) is 9.21. The Morgan fingerprint density at radius 2 is 1.52 bits per heavy atom. The summed E-state index contributed by atoms with van der Waals surface area (Å²) < 4.78 is 16.3. The zero-order chi connectivity index (χ0) is 21.6. The number of nitrogens with one attached hydrogen (secondary N) is 1. The first-order valence-electron chi connectivity index (χ1n) is 9.84. The lowest BCUT2D eigenvalue weighted by molar-refractivity contribution is -0.119. The Morgan fingerprint density at radius 3 is 2.23 bits per heavy atom. The van der Waals surface area contributed by atoms with E-state index in [4.69, 9.17) is 14.2 Å². The van der Waals surface area contributed by atoms with Crippen molar-refractivity contribution in [3.63, 3.8) is 0 Å². The van der Waals surface area contributed by atoms with Gasteiger partial charge in [0, 0.05) is 18.2 Å². The quantitative estimate of drug-likeness (QED) is 0.607. The molecular weight excluding hydrogens is 398 g/mol. The maximum absolute atomic E-state index is 12.3. The molecule has 31 heavy (non-hydrogen) atoms. The molecule has 0 aliphatic carbocycles. The van der Waals surface area contributed by atoms with Gasteiger partial charge in [-0.25, -0.2) is 4.79 Å². The molecule has 0 saturated carbocycles. The van der Waals surface area contributed by atoms with E-state index in [-0.39, 0.29) is 5.75 Å². The maximum atomic E-state index is 12.3. The number of esters is 1. The van der Waals surface area contributed by atoms with E-state index in [9.17, 15) is 14.7 Å². The molecule has 0 atom stereocenters. The van der Waals surface area contributed by atoms with Gasteiger partial charge in [0.15, 0.2) is 18.1 Å². The molecule has 1 amide bonds. The molecule has 1 heterocycles. The lowest BCUT2D eigenvalue weighted by atomic mass is 10.0. The van der Waals surface area contributed by atoms with E-state index < -0.39 is 18.5 Å². The molecule has 3 aromatic rings. The minimum absolute atomic E-state index is 0.189. The van der Waals surface area contributed by atoms with E-state index in [1.807, 2.05) is 0 Å². The van der Waals surface area contributed by atoms with Gasteiger partial charge in [-0.05, 0) is 47.5 Å². The summed E-state index contributed by atoms with van der Waals surface area (Å²) in [7, 11) is 0. The molecule has 0 unspecified atom stereocenters. The highest BCUT2D eigenvalue weighted by molar-refractivity contribution is 5.95. The van der Waals surface area contributed by atoms with Gasteiger partial charge >= 0.3 is 5.97 Å². The number of aromatic hydroxyl groups is 1. The minimum atomic E-state index is -0.592. The lowest BCUT2D eigenvalue weighted by Gasteiger charge is -2.11. The summed E-state index contributed by atoms with van der Waals surface area (Å²) in [6.45, 7) is 0.727. The summed E-state index contributed by atoms with van der Waals surface area (Å²) in [4.78, 5) is 24.4. The number of ether oxygens (including phenoxy) is 3. The van der Waals surface area contributed by atoms with Gasteiger partial charge in [0.25, 0.3) is 5.91 Å². The smallest absolute Gasteiger partial charge is 0.338 e. The number of rotatable bonds is 5. The summed E-state index contributed by atoms with van der Waals surface area (Å²) in [5, 5.41) is 12.1. The number of carbonyl (C=O) groups is 2. The molecule has 0 fully saturated rings. The molecule has 2 N–H and O–H groups in total. The van der Waals surface area contributed by atoms with Crippen LogP contribution in [0.3, 0.4) is 0 Å². The van der Waals surface area contributed by atoms with Gasteiger partial charge in [0.05, 0.1) is 18.8 Å². The zero-order valence-corrected chi connectivity index (χ0v) is 16.7. The molecule has 3 aromatic carbocycles. The molecule has 7 heteroatoms. The van der Waals surface area contributed by atoms with Crippen LogP contribution in [0.25, 0.3) is 11.1 Å². The average Bonchev–Trinajstić information content (AvgIpc) is 3.03. The molecule has 0 radical (unpaired) electrons. The Bertz CT molecular complexity index is 1080. The molecule has 158 valence electrons. The largest absolute Gasteiger partial charge is 0.508 e. The number of phenolic OH excluding ortho intramolecular Hbond substituents is 1. The van der Waals surface area contributed by atoms with Gasteiger partial charge < -0.3 is 24.6 Å². The molecule has 0 spiro atoms. The predicted molar refractivity (Wildman–Crippen MR) is 115 cm³/mol. The lowest BCUT2D eigenvalue weighted by Crippen LogP contribution is -2.21. The molecule has 0 bridgehead atoms. The SMILES string of the molecule is O=C(COC(=O)c1ccc(-c2ccc(O)cc2)cc1)Nc1ccc2c(c1)OCCCO2. The van der Waals surface area contributed by atoms with Crippen molar-refractivity contribution in [1.82, 2.24) is 0 Å². The van der Waals surface area contributed by atoms with E-state index in [1.165, 1.54) is 0 Å². The van der Waals surface area contributed by atoms with Gasteiger partial charge in [-0.15, -0.1) is 0 Å². The Labute approximate surface area is 179 Å². The van der Waals surface area contributed by atoms with Crippen molar-refractivity contribution in [2.45, 2.75) is 6.42 Å². The highest BCUT2D eigenvalue weighted by atomic mass is 16.5. The third-order valence-corrected chi connectivity index (χ3v) is 4.69.